The van der Waals surface area contributed by atoms with Gasteiger partial charge >= 0.3 is 5.97 Å². The minimum atomic E-state index is -1.04. The molecule has 2 rings (SSSR count). The lowest BCUT2D eigenvalue weighted by molar-refractivity contribution is 0.0690. The third-order valence-electron chi connectivity index (χ3n) is 3.59. The zero-order chi connectivity index (χ0) is 13.4. The van der Waals surface area contributed by atoms with Gasteiger partial charge in [0, 0.05) is 11.7 Å². The van der Waals surface area contributed by atoms with E-state index in [0.717, 1.165) is 12.8 Å². The monoisotopic (exact) mass is 250 g/mol. The van der Waals surface area contributed by atoms with Gasteiger partial charge in [-0.1, -0.05) is 6.92 Å². The summed E-state index contributed by atoms with van der Waals surface area (Å²) in [6.45, 7) is 5.53. The molecule has 1 aromatic rings. The highest BCUT2D eigenvalue weighted by atomic mass is 16.4. The fourth-order valence-electron chi connectivity index (χ4n) is 2.58. The molecule has 1 aromatic heterocycles. The number of aromatic amines is 1. The molecule has 1 amide bonds. The van der Waals surface area contributed by atoms with E-state index >= 15 is 0 Å². The predicted molar refractivity (Wildman–Crippen MR) is 66.9 cm³/mol. The molecule has 0 unspecified atom stereocenters. The first kappa shape index (κ1) is 12.7. The Balaban J connectivity index is 2.17. The van der Waals surface area contributed by atoms with Gasteiger partial charge < -0.3 is 15.4 Å². The second-order valence-electron chi connectivity index (χ2n) is 5.18. The van der Waals surface area contributed by atoms with Crippen molar-refractivity contribution in [1.82, 2.24) is 10.3 Å². The van der Waals surface area contributed by atoms with Crippen LogP contribution in [-0.4, -0.2) is 28.0 Å². The van der Waals surface area contributed by atoms with E-state index in [2.05, 4.69) is 17.2 Å². The summed E-state index contributed by atoms with van der Waals surface area (Å²) in [4.78, 5) is 25.8. The van der Waals surface area contributed by atoms with Crippen molar-refractivity contribution in [3.8, 4) is 0 Å². The van der Waals surface area contributed by atoms with Crippen LogP contribution in [0.2, 0.25) is 0 Å². The zero-order valence-electron chi connectivity index (χ0n) is 10.8. The minimum Gasteiger partial charge on any atom is -0.477 e. The Bertz CT molecular complexity index is 499. The first-order valence-electron chi connectivity index (χ1n) is 6.13. The molecule has 98 valence electrons. The normalized spacial score (nSPS) is 22.4. The van der Waals surface area contributed by atoms with E-state index in [9.17, 15) is 9.59 Å². The number of hydrogen-bond donors (Lipinski definition) is 3. The maximum atomic E-state index is 12.1. The molecule has 1 aliphatic rings. The van der Waals surface area contributed by atoms with Gasteiger partial charge in [0.2, 0.25) is 0 Å². The van der Waals surface area contributed by atoms with Crippen LogP contribution >= 0.6 is 0 Å². The average Bonchev–Trinajstić information content (AvgIpc) is 2.52. The van der Waals surface area contributed by atoms with Crippen LogP contribution in [0.25, 0.3) is 0 Å². The minimum absolute atomic E-state index is 0.0969. The number of H-pyrrole nitrogens is 1. The van der Waals surface area contributed by atoms with Crippen LogP contribution in [0.5, 0.6) is 0 Å². The lowest BCUT2D eigenvalue weighted by Gasteiger charge is -2.33. The van der Waals surface area contributed by atoms with Crippen molar-refractivity contribution in [1.29, 1.82) is 0 Å². The highest BCUT2D eigenvalue weighted by Crippen LogP contribution is 2.27. The first-order valence-corrected chi connectivity index (χ1v) is 6.13. The number of nitrogens with one attached hydrogen (secondary N) is 2. The van der Waals surface area contributed by atoms with E-state index in [4.69, 9.17) is 5.11 Å². The van der Waals surface area contributed by atoms with E-state index in [1.54, 1.807) is 13.8 Å². The smallest absolute Gasteiger partial charge is 0.352 e. The van der Waals surface area contributed by atoms with Gasteiger partial charge in [0.25, 0.3) is 5.91 Å². The average molecular weight is 250 g/mol. The van der Waals surface area contributed by atoms with Crippen LogP contribution in [0.15, 0.2) is 0 Å². The Labute approximate surface area is 106 Å². The van der Waals surface area contributed by atoms with E-state index in [1.807, 2.05) is 0 Å². The Morgan fingerprint density at radius 2 is 1.94 bits per heavy atom. The highest BCUT2D eigenvalue weighted by Gasteiger charge is 2.29. The number of aryl methyl sites for hydroxylation is 1. The quantitative estimate of drug-likeness (QED) is 0.765. The number of amides is 1. The number of aromatic nitrogens is 1. The molecule has 3 N–H and O–H groups in total. The molecule has 0 spiro atoms. The number of hydrogen-bond acceptors (Lipinski definition) is 2. The molecule has 5 nitrogen and oxygen atoms in total. The summed E-state index contributed by atoms with van der Waals surface area (Å²) in [5, 5.41) is 11.9. The van der Waals surface area contributed by atoms with Crippen molar-refractivity contribution in [2.45, 2.75) is 39.7 Å². The highest BCUT2D eigenvalue weighted by molar-refractivity contribution is 6.00. The van der Waals surface area contributed by atoms with Crippen molar-refractivity contribution < 1.29 is 14.7 Å². The molecular weight excluding hydrogens is 232 g/mol. The Hall–Kier alpha value is -1.78. The van der Waals surface area contributed by atoms with Gasteiger partial charge in [-0.3, -0.25) is 4.79 Å². The molecule has 0 radical (unpaired) electrons. The molecule has 0 aliphatic heterocycles. The summed E-state index contributed by atoms with van der Waals surface area (Å²) in [5.41, 5.74) is 1.67. The maximum absolute atomic E-state index is 12.1. The Morgan fingerprint density at radius 1 is 1.33 bits per heavy atom. The van der Waals surface area contributed by atoms with Crippen LogP contribution < -0.4 is 5.32 Å². The summed E-state index contributed by atoms with van der Waals surface area (Å²) in [6.07, 6.45) is 2.00. The number of carboxylic acids is 1. The molecule has 5 heteroatoms. The van der Waals surface area contributed by atoms with Gasteiger partial charge in [-0.25, -0.2) is 4.79 Å². The fraction of sp³-hybridized carbons (Fsp3) is 0.538. The van der Waals surface area contributed by atoms with Crippen LogP contribution in [-0.2, 0) is 0 Å². The number of rotatable bonds is 3. The molecule has 0 bridgehead atoms. The molecule has 0 aromatic carbocycles. The van der Waals surface area contributed by atoms with Crippen molar-refractivity contribution in [2.75, 3.05) is 0 Å². The van der Waals surface area contributed by atoms with Crippen molar-refractivity contribution in [3.05, 3.63) is 22.5 Å². The molecule has 1 heterocycles. The topological polar surface area (TPSA) is 82.2 Å². The number of carboxylic acid groups (broad SMARTS) is 1. The van der Waals surface area contributed by atoms with Gasteiger partial charge in [-0.2, -0.15) is 0 Å². The summed E-state index contributed by atoms with van der Waals surface area (Å²) in [6, 6.07) is 0.231. The van der Waals surface area contributed by atoms with Crippen molar-refractivity contribution in [3.63, 3.8) is 0 Å². The fourth-order valence-corrected chi connectivity index (χ4v) is 2.58. The number of carbonyl (C=O) groups excluding carboxylic acids is 1. The standard InChI is InChI=1S/C13H18N2O3/c1-6-4-9(5-6)15-12(16)10-7(2)11(13(17)18)14-8(10)3/h6,9,14H,4-5H2,1-3H3,(H,15,16)(H,17,18). The van der Waals surface area contributed by atoms with E-state index < -0.39 is 5.97 Å². The van der Waals surface area contributed by atoms with Crippen LogP contribution in [0, 0.1) is 19.8 Å². The molecule has 0 saturated heterocycles. The van der Waals surface area contributed by atoms with Gasteiger partial charge in [0.05, 0.1) is 5.56 Å². The van der Waals surface area contributed by atoms with Gasteiger partial charge in [0.1, 0.15) is 5.69 Å². The van der Waals surface area contributed by atoms with Crippen molar-refractivity contribution >= 4 is 11.9 Å². The predicted octanol–water partition coefficient (Wildman–Crippen LogP) is 1.86. The third-order valence-corrected chi connectivity index (χ3v) is 3.59. The largest absolute Gasteiger partial charge is 0.477 e. The summed E-state index contributed by atoms with van der Waals surface area (Å²) >= 11 is 0. The lowest BCUT2D eigenvalue weighted by Crippen LogP contribution is -2.43. The summed E-state index contributed by atoms with van der Waals surface area (Å²) in [7, 11) is 0. The number of carbonyl (C=O) groups is 2. The second-order valence-corrected chi connectivity index (χ2v) is 5.18. The first-order chi connectivity index (χ1) is 8.40. The number of aromatic carboxylic acids is 1. The molecule has 0 atom stereocenters. The molecule has 1 aliphatic carbocycles. The van der Waals surface area contributed by atoms with Gasteiger partial charge in [-0.05, 0) is 38.2 Å². The van der Waals surface area contributed by atoms with Crippen LogP contribution in [0.1, 0.15) is 51.9 Å². The maximum Gasteiger partial charge on any atom is 0.352 e. The van der Waals surface area contributed by atoms with Gasteiger partial charge in [0.15, 0.2) is 0 Å². The van der Waals surface area contributed by atoms with Crippen LogP contribution in [0.3, 0.4) is 0 Å². The SMILES string of the molecule is Cc1[nH]c(C(=O)O)c(C)c1C(=O)NC1CC(C)C1. The lowest BCUT2D eigenvalue weighted by atomic mass is 9.82. The molecular formula is C13H18N2O3. The Morgan fingerprint density at radius 3 is 2.39 bits per heavy atom. The zero-order valence-corrected chi connectivity index (χ0v) is 10.8. The van der Waals surface area contributed by atoms with E-state index in [0.29, 0.717) is 22.7 Å². The third kappa shape index (κ3) is 2.12. The Kier molecular flexibility index (Phi) is 3.15. The molecule has 1 saturated carbocycles. The van der Waals surface area contributed by atoms with Crippen molar-refractivity contribution in [2.24, 2.45) is 5.92 Å². The van der Waals surface area contributed by atoms with E-state index in [-0.39, 0.29) is 17.6 Å². The summed E-state index contributed by atoms with van der Waals surface area (Å²) < 4.78 is 0. The summed E-state index contributed by atoms with van der Waals surface area (Å²) in [5.74, 6) is -0.545. The molecule has 1 fully saturated rings. The van der Waals surface area contributed by atoms with E-state index in [1.165, 1.54) is 0 Å². The molecule has 18 heavy (non-hydrogen) atoms. The van der Waals surface area contributed by atoms with Gasteiger partial charge in [-0.15, -0.1) is 0 Å². The second kappa shape index (κ2) is 4.48. The van der Waals surface area contributed by atoms with Crippen LogP contribution in [0.4, 0.5) is 0 Å².